The molecule has 0 N–H and O–H groups in total. The van der Waals surface area contributed by atoms with Gasteiger partial charge in [-0.2, -0.15) is 0 Å². The highest BCUT2D eigenvalue weighted by atomic mass is 16.5. The van der Waals surface area contributed by atoms with Crippen molar-refractivity contribution in [2.45, 2.75) is 0 Å². The first-order valence-electron chi connectivity index (χ1n) is 12.3. The number of carbonyl (C=O) groups excluding carboxylic acids is 4. The molecule has 4 aromatic carbocycles. The van der Waals surface area contributed by atoms with Crippen LogP contribution in [0.2, 0.25) is 0 Å². The van der Waals surface area contributed by atoms with E-state index < -0.39 is 0 Å². The summed E-state index contributed by atoms with van der Waals surface area (Å²) >= 11 is 0. The predicted octanol–water partition coefficient (Wildman–Crippen LogP) is 5.82. The van der Waals surface area contributed by atoms with Gasteiger partial charge in [0.15, 0.2) is 0 Å². The number of amides is 4. The molecule has 40 heavy (non-hydrogen) atoms. The molecule has 6 rings (SSSR count). The van der Waals surface area contributed by atoms with Gasteiger partial charge in [-0.25, -0.2) is 9.80 Å². The highest BCUT2D eigenvalue weighted by Gasteiger charge is 2.25. The first kappa shape index (κ1) is 25.9. The van der Waals surface area contributed by atoms with Crippen molar-refractivity contribution in [1.29, 1.82) is 0 Å². The summed E-state index contributed by atoms with van der Waals surface area (Å²) in [5.74, 6) is 1.45. The standard InChI is InChI=1S/2C16H11NO3/c2*18-15-10-11-16(19)17(15)12-6-8-14(9-7-12)20-13-4-2-1-3-5-13/h2*1-11H. The van der Waals surface area contributed by atoms with Crippen LogP contribution in [0.25, 0.3) is 0 Å². The summed E-state index contributed by atoms with van der Waals surface area (Å²) in [6.45, 7) is 0. The van der Waals surface area contributed by atoms with Crippen LogP contribution in [-0.4, -0.2) is 23.6 Å². The van der Waals surface area contributed by atoms with Crippen LogP contribution in [-0.2, 0) is 19.2 Å². The Morgan fingerprint density at radius 2 is 0.625 bits per heavy atom. The molecule has 0 unspecified atom stereocenters. The number of rotatable bonds is 6. The molecule has 2 aliphatic rings. The second-order valence-electron chi connectivity index (χ2n) is 8.51. The van der Waals surface area contributed by atoms with Crippen LogP contribution in [0, 0.1) is 0 Å². The molecule has 2 aliphatic heterocycles. The number of nitrogens with zero attached hydrogens (tertiary/aromatic N) is 2. The molecule has 0 aromatic heterocycles. The van der Waals surface area contributed by atoms with Crippen LogP contribution in [0.3, 0.4) is 0 Å². The number of benzene rings is 4. The van der Waals surface area contributed by atoms with Crippen LogP contribution >= 0.6 is 0 Å². The number of ether oxygens (including phenoxy) is 2. The average molecular weight is 531 g/mol. The monoisotopic (exact) mass is 530 g/mol. The fourth-order valence-electron chi connectivity index (χ4n) is 3.89. The lowest BCUT2D eigenvalue weighted by molar-refractivity contribution is -0.121. The van der Waals surface area contributed by atoms with Gasteiger partial charge < -0.3 is 9.47 Å². The minimum atomic E-state index is -0.327. The minimum Gasteiger partial charge on any atom is -0.457 e. The summed E-state index contributed by atoms with van der Waals surface area (Å²) < 4.78 is 11.3. The SMILES string of the molecule is O=C1C=CC(=O)N1c1ccc(Oc2ccccc2)cc1.O=C1C=CC(=O)N1c1ccc(Oc2ccccc2)cc1. The Bertz CT molecular complexity index is 1440. The van der Waals surface area contributed by atoms with Gasteiger partial charge in [0.2, 0.25) is 0 Å². The molecule has 0 saturated carbocycles. The first-order valence-corrected chi connectivity index (χ1v) is 12.3. The third-order valence-electron chi connectivity index (χ3n) is 5.77. The Hall–Kier alpha value is -5.76. The number of anilines is 2. The van der Waals surface area contributed by atoms with Crippen molar-refractivity contribution in [2.24, 2.45) is 0 Å². The molecule has 0 radical (unpaired) electrons. The van der Waals surface area contributed by atoms with Crippen molar-refractivity contribution in [1.82, 2.24) is 0 Å². The minimum absolute atomic E-state index is 0.327. The van der Waals surface area contributed by atoms with Gasteiger partial charge in [-0.05, 0) is 72.8 Å². The van der Waals surface area contributed by atoms with E-state index in [1.54, 1.807) is 48.5 Å². The molecular weight excluding hydrogens is 508 g/mol. The number of para-hydroxylation sites is 2. The summed E-state index contributed by atoms with van der Waals surface area (Å²) in [5, 5.41) is 0. The van der Waals surface area contributed by atoms with E-state index in [1.807, 2.05) is 60.7 Å². The van der Waals surface area contributed by atoms with Crippen LogP contribution in [0.1, 0.15) is 0 Å². The molecule has 196 valence electrons. The zero-order valence-electron chi connectivity index (χ0n) is 21.0. The van der Waals surface area contributed by atoms with Gasteiger partial charge in [-0.15, -0.1) is 0 Å². The Morgan fingerprint density at radius 3 is 0.925 bits per heavy atom. The second kappa shape index (κ2) is 11.7. The molecular formula is C32H22N2O6. The van der Waals surface area contributed by atoms with E-state index in [9.17, 15) is 19.2 Å². The van der Waals surface area contributed by atoms with Gasteiger partial charge >= 0.3 is 0 Å². The van der Waals surface area contributed by atoms with E-state index in [1.165, 1.54) is 24.3 Å². The van der Waals surface area contributed by atoms with Crippen molar-refractivity contribution >= 4 is 35.0 Å². The fraction of sp³-hybridized carbons (Fsp3) is 0. The maximum absolute atomic E-state index is 11.5. The molecule has 8 heteroatoms. The number of imide groups is 2. The molecule has 4 amide bonds. The lowest BCUT2D eigenvalue weighted by Gasteiger charge is -2.14. The van der Waals surface area contributed by atoms with Gasteiger partial charge in [0.05, 0.1) is 11.4 Å². The molecule has 4 aromatic rings. The smallest absolute Gasteiger partial charge is 0.258 e. The van der Waals surface area contributed by atoms with Gasteiger partial charge in [0, 0.05) is 24.3 Å². The number of hydrogen-bond donors (Lipinski definition) is 0. The Kier molecular flexibility index (Phi) is 7.60. The van der Waals surface area contributed by atoms with E-state index in [-0.39, 0.29) is 23.6 Å². The summed E-state index contributed by atoms with van der Waals surface area (Å²) in [4.78, 5) is 48.4. The van der Waals surface area contributed by atoms with Crippen molar-refractivity contribution in [3.63, 3.8) is 0 Å². The Labute approximate surface area is 230 Å². The van der Waals surface area contributed by atoms with Gasteiger partial charge in [-0.1, -0.05) is 36.4 Å². The molecule has 0 aliphatic carbocycles. The molecule has 0 spiro atoms. The second-order valence-corrected chi connectivity index (χ2v) is 8.51. The molecule has 0 atom stereocenters. The normalized spacial score (nSPS) is 13.9. The van der Waals surface area contributed by atoms with Crippen LogP contribution in [0.4, 0.5) is 11.4 Å². The van der Waals surface area contributed by atoms with Crippen LogP contribution in [0.15, 0.2) is 133 Å². The maximum Gasteiger partial charge on any atom is 0.258 e. The van der Waals surface area contributed by atoms with Crippen molar-refractivity contribution < 1.29 is 28.7 Å². The summed E-state index contributed by atoms with van der Waals surface area (Å²) in [6, 6.07) is 32.4. The van der Waals surface area contributed by atoms with Crippen molar-refractivity contribution in [3.05, 3.63) is 133 Å². The maximum atomic E-state index is 11.5. The van der Waals surface area contributed by atoms with E-state index in [4.69, 9.17) is 9.47 Å². The average Bonchev–Trinajstić information content (AvgIpc) is 3.50. The summed E-state index contributed by atoms with van der Waals surface area (Å²) in [5.41, 5.74) is 1.07. The molecule has 2 heterocycles. The van der Waals surface area contributed by atoms with Crippen molar-refractivity contribution in [3.8, 4) is 23.0 Å². The Balaban J connectivity index is 0.000000161. The lowest BCUT2D eigenvalue weighted by atomic mass is 10.2. The molecule has 0 fully saturated rings. The molecule has 0 bridgehead atoms. The van der Waals surface area contributed by atoms with Gasteiger partial charge in [-0.3, -0.25) is 19.2 Å². The third kappa shape index (κ3) is 6.03. The van der Waals surface area contributed by atoms with Crippen LogP contribution in [0.5, 0.6) is 23.0 Å². The van der Waals surface area contributed by atoms with Gasteiger partial charge in [0.25, 0.3) is 23.6 Å². The quantitative estimate of drug-likeness (QED) is 0.292. The summed E-state index contributed by atoms with van der Waals surface area (Å²) in [7, 11) is 0. The highest BCUT2D eigenvalue weighted by molar-refractivity contribution is 6.28. The van der Waals surface area contributed by atoms with E-state index >= 15 is 0 Å². The zero-order chi connectivity index (χ0) is 27.9. The fourth-order valence-corrected chi connectivity index (χ4v) is 3.89. The molecule has 8 nitrogen and oxygen atoms in total. The van der Waals surface area contributed by atoms with Crippen LogP contribution < -0.4 is 19.3 Å². The van der Waals surface area contributed by atoms with E-state index in [0.29, 0.717) is 22.9 Å². The number of hydrogen-bond acceptors (Lipinski definition) is 6. The van der Waals surface area contributed by atoms with E-state index in [0.717, 1.165) is 21.3 Å². The summed E-state index contributed by atoms with van der Waals surface area (Å²) in [6.07, 6.45) is 5.04. The van der Waals surface area contributed by atoms with E-state index in [2.05, 4.69) is 0 Å². The zero-order valence-corrected chi connectivity index (χ0v) is 21.0. The third-order valence-corrected chi connectivity index (χ3v) is 5.77. The molecule has 0 saturated heterocycles. The lowest BCUT2D eigenvalue weighted by Crippen LogP contribution is -2.29. The Morgan fingerprint density at radius 1 is 0.350 bits per heavy atom. The first-order chi connectivity index (χ1) is 19.5. The largest absolute Gasteiger partial charge is 0.457 e. The topological polar surface area (TPSA) is 93.2 Å². The van der Waals surface area contributed by atoms with Crippen molar-refractivity contribution in [2.75, 3.05) is 9.80 Å². The highest BCUT2D eigenvalue weighted by Crippen LogP contribution is 2.27. The predicted molar refractivity (Wildman–Crippen MR) is 149 cm³/mol. The number of carbonyl (C=O) groups is 4. The van der Waals surface area contributed by atoms with Gasteiger partial charge in [0.1, 0.15) is 23.0 Å².